The lowest BCUT2D eigenvalue weighted by atomic mass is 9.39. The molecule has 10 rings (SSSR count). The minimum atomic E-state index is -0.132. The second-order valence-electron chi connectivity index (χ2n) is 18.2. The molecule has 5 aliphatic rings. The van der Waals surface area contributed by atoms with E-state index in [9.17, 15) is 10.2 Å². The summed E-state index contributed by atoms with van der Waals surface area (Å²) in [4.78, 5) is 11.9. The van der Waals surface area contributed by atoms with Gasteiger partial charge in [0.15, 0.2) is 16.8 Å². The summed E-state index contributed by atoms with van der Waals surface area (Å²) in [5, 5.41) is 40.9. The number of thiazole rings is 1. The van der Waals surface area contributed by atoms with Crippen LogP contribution in [0, 0.1) is 36.0 Å². The Kier molecular flexibility index (Phi) is 9.67. The van der Waals surface area contributed by atoms with Crippen molar-refractivity contribution >= 4 is 44.1 Å². The highest BCUT2D eigenvalue weighted by molar-refractivity contribution is 7.22. The maximum atomic E-state index is 9.43. The first-order valence-corrected chi connectivity index (χ1v) is 21.1. The molecule has 56 heavy (non-hydrogen) atoms. The normalized spacial score (nSPS) is 26.7. The summed E-state index contributed by atoms with van der Waals surface area (Å²) in [7, 11) is 0. The number of nitrogens with zero attached hydrogens (tertiary/aromatic N) is 7. The SMILES string of the molecule is Cc1c(Nc2nc3ccccc3s2)nnc2c1CCCN2c1ccc(-c2cnn(CC34CC5(C)CC(C)(C3)CC(OCCNCC(CO)CO)(C5)C4)c2C)cn1. The molecule has 0 radical (unpaired) electrons. The van der Waals surface area contributed by atoms with Crippen LogP contribution < -0.4 is 15.5 Å². The number of hydrogen-bond acceptors (Lipinski definition) is 12. The van der Waals surface area contributed by atoms with Gasteiger partial charge >= 0.3 is 0 Å². The fraction of sp³-hybridized carbons (Fsp3) is 0.558. The molecule has 12 nitrogen and oxygen atoms in total. The number of aromatic nitrogens is 6. The van der Waals surface area contributed by atoms with Gasteiger partial charge in [-0.05, 0) is 106 Å². The number of para-hydroxylation sites is 1. The molecule has 2 unspecified atom stereocenters. The van der Waals surface area contributed by atoms with Crippen molar-refractivity contribution in [1.82, 2.24) is 35.3 Å². The third kappa shape index (κ3) is 6.99. The lowest BCUT2D eigenvalue weighted by molar-refractivity contribution is -0.247. The summed E-state index contributed by atoms with van der Waals surface area (Å²) in [6.45, 7) is 12.9. The summed E-state index contributed by atoms with van der Waals surface area (Å²) in [6.07, 6.45) is 12.9. The molecule has 5 heterocycles. The lowest BCUT2D eigenvalue weighted by Gasteiger charge is -2.69. The lowest BCUT2D eigenvalue weighted by Crippen LogP contribution is -2.64. The van der Waals surface area contributed by atoms with Crippen molar-refractivity contribution in [3.8, 4) is 11.1 Å². The van der Waals surface area contributed by atoms with Crippen LogP contribution >= 0.6 is 11.3 Å². The number of pyridine rings is 1. The van der Waals surface area contributed by atoms with E-state index in [0.717, 1.165) is 94.7 Å². The van der Waals surface area contributed by atoms with Crippen molar-refractivity contribution in [3.05, 3.63) is 65.6 Å². The van der Waals surface area contributed by atoms with Crippen LogP contribution in [0.5, 0.6) is 0 Å². The van der Waals surface area contributed by atoms with E-state index < -0.39 is 0 Å². The molecule has 4 saturated carbocycles. The Balaban J connectivity index is 0.895. The molecule has 4 N–H and O–H groups in total. The Bertz CT molecular complexity index is 2160. The Hall–Kier alpha value is -4.01. The van der Waals surface area contributed by atoms with Gasteiger partial charge in [-0.1, -0.05) is 37.3 Å². The van der Waals surface area contributed by atoms with E-state index in [4.69, 9.17) is 24.9 Å². The first kappa shape index (κ1) is 37.6. The van der Waals surface area contributed by atoms with Gasteiger partial charge in [-0.25, -0.2) is 9.97 Å². The van der Waals surface area contributed by atoms with Gasteiger partial charge in [0.25, 0.3) is 0 Å². The van der Waals surface area contributed by atoms with Gasteiger partial charge < -0.3 is 30.5 Å². The van der Waals surface area contributed by atoms with Gasteiger partial charge in [-0.3, -0.25) is 4.68 Å². The van der Waals surface area contributed by atoms with E-state index >= 15 is 0 Å². The van der Waals surface area contributed by atoms with E-state index in [1.807, 2.05) is 30.6 Å². The monoisotopic (exact) mass is 777 g/mol. The van der Waals surface area contributed by atoms with Crippen molar-refractivity contribution in [2.45, 2.75) is 91.2 Å². The summed E-state index contributed by atoms with van der Waals surface area (Å²) in [6, 6.07) is 12.4. The molecule has 13 heteroatoms. The predicted molar refractivity (Wildman–Crippen MR) is 221 cm³/mol. The average Bonchev–Trinajstić information content (AvgIpc) is 3.74. The van der Waals surface area contributed by atoms with Crippen molar-refractivity contribution < 1.29 is 14.9 Å². The fourth-order valence-corrected chi connectivity index (χ4v) is 12.7. The van der Waals surface area contributed by atoms with Crippen LogP contribution in [0.4, 0.5) is 22.6 Å². The zero-order valence-corrected chi connectivity index (χ0v) is 34.0. The molecule has 2 atom stereocenters. The third-order valence-electron chi connectivity index (χ3n) is 13.1. The predicted octanol–water partition coefficient (Wildman–Crippen LogP) is 7.12. The number of fused-ring (bicyclic) bond motifs is 2. The number of hydrogen-bond donors (Lipinski definition) is 4. The minimum Gasteiger partial charge on any atom is -0.396 e. The summed E-state index contributed by atoms with van der Waals surface area (Å²) < 4.78 is 10.3. The number of aliphatic hydroxyl groups excluding tert-OH is 2. The highest BCUT2D eigenvalue weighted by Crippen LogP contribution is 2.72. The quantitative estimate of drug-likeness (QED) is 0.0856. The molecule has 0 spiro atoms. The number of anilines is 4. The molecule has 4 aromatic heterocycles. The molecule has 296 valence electrons. The maximum absolute atomic E-state index is 9.43. The molecular formula is C43H55N9O3S. The van der Waals surface area contributed by atoms with E-state index in [-0.39, 0.29) is 41.0 Å². The molecule has 1 aliphatic heterocycles. The molecule has 4 bridgehead atoms. The minimum absolute atomic E-state index is 0.0140. The van der Waals surface area contributed by atoms with Crippen molar-refractivity contribution in [3.63, 3.8) is 0 Å². The first-order chi connectivity index (χ1) is 27.0. The Morgan fingerprint density at radius 3 is 2.50 bits per heavy atom. The number of aliphatic hydroxyl groups is 2. The van der Waals surface area contributed by atoms with Crippen LogP contribution in [0.2, 0.25) is 0 Å². The van der Waals surface area contributed by atoms with E-state index in [0.29, 0.717) is 19.7 Å². The molecule has 4 aliphatic carbocycles. The topological polar surface area (TPSA) is 146 Å². The van der Waals surface area contributed by atoms with E-state index in [1.165, 1.54) is 30.5 Å². The Morgan fingerprint density at radius 2 is 1.75 bits per heavy atom. The molecule has 0 amide bonds. The van der Waals surface area contributed by atoms with Gasteiger partial charge in [0.2, 0.25) is 0 Å². The summed E-state index contributed by atoms with van der Waals surface area (Å²) in [5.41, 5.74) is 7.14. The Morgan fingerprint density at radius 1 is 0.946 bits per heavy atom. The van der Waals surface area contributed by atoms with Gasteiger partial charge in [0, 0.05) is 79.5 Å². The second kappa shape index (κ2) is 14.4. The van der Waals surface area contributed by atoms with Gasteiger partial charge in [-0.2, -0.15) is 5.10 Å². The number of ether oxygens (including phenoxy) is 1. The molecule has 0 saturated heterocycles. The number of nitrogens with one attached hydrogen (secondary N) is 2. The third-order valence-corrected chi connectivity index (χ3v) is 14.1. The number of benzene rings is 1. The average molecular weight is 778 g/mol. The van der Waals surface area contributed by atoms with Crippen molar-refractivity contribution in [2.75, 3.05) is 49.7 Å². The van der Waals surface area contributed by atoms with Crippen LogP contribution in [0.1, 0.15) is 75.6 Å². The fourth-order valence-electron chi connectivity index (χ4n) is 11.8. The summed E-state index contributed by atoms with van der Waals surface area (Å²) >= 11 is 1.62. The van der Waals surface area contributed by atoms with Crippen LogP contribution in [-0.2, 0) is 17.7 Å². The van der Waals surface area contributed by atoms with Gasteiger partial charge in [0.1, 0.15) is 5.82 Å². The largest absolute Gasteiger partial charge is 0.396 e. The van der Waals surface area contributed by atoms with Gasteiger partial charge in [-0.15, -0.1) is 10.2 Å². The van der Waals surface area contributed by atoms with Gasteiger partial charge in [0.05, 0.1) is 28.6 Å². The zero-order chi connectivity index (χ0) is 38.7. The number of rotatable bonds is 14. The van der Waals surface area contributed by atoms with Crippen LogP contribution in [0.25, 0.3) is 21.3 Å². The second-order valence-corrected chi connectivity index (χ2v) is 19.2. The maximum Gasteiger partial charge on any atom is 0.189 e. The van der Waals surface area contributed by atoms with Crippen LogP contribution in [0.15, 0.2) is 48.8 Å². The smallest absolute Gasteiger partial charge is 0.189 e. The molecule has 5 aromatic rings. The Labute approximate surface area is 333 Å². The summed E-state index contributed by atoms with van der Waals surface area (Å²) in [5.74, 6) is 2.37. The zero-order valence-electron chi connectivity index (χ0n) is 33.1. The van der Waals surface area contributed by atoms with Crippen LogP contribution in [-0.4, -0.2) is 85.2 Å². The van der Waals surface area contributed by atoms with Crippen molar-refractivity contribution in [2.24, 2.45) is 22.2 Å². The molecular weight excluding hydrogens is 723 g/mol. The van der Waals surface area contributed by atoms with Crippen LogP contribution in [0.3, 0.4) is 0 Å². The van der Waals surface area contributed by atoms with E-state index in [1.54, 1.807) is 11.3 Å². The first-order valence-electron chi connectivity index (χ1n) is 20.3. The molecule has 1 aromatic carbocycles. The standard InChI is InChI=1S/C43H55N9O3S/c1-28-32-8-7-14-51(38(32)50-49-37(28)48-39-47-34-9-5-6-10-35(34)56-39)36-12-11-31(17-45-36)33-18-46-52(29(33)2)27-42-22-40(3)21-41(4,23-42)25-43(24-40,26-42)55-15-13-44-16-30(19-53)20-54/h5-6,9-12,17-18,30,44,53-54H,7-8,13-16,19-27H2,1-4H3,(H,47,48,49). The highest BCUT2D eigenvalue weighted by Gasteiger charge is 2.66. The highest BCUT2D eigenvalue weighted by atomic mass is 32.1. The molecule has 4 fully saturated rings. The van der Waals surface area contributed by atoms with E-state index in [2.05, 4.69) is 71.2 Å². The van der Waals surface area contributed by atoms with Crippen molar-refractivity contribution in [1.29, 1.82) is 0 Å².